The number of esters is 2. The second-order valence-corrected chi connectivity index (χ2v) is 8.00. The van der Waals surface area contributed by atoms with Gasteiger partial charge in [-0.05, 0) is 26.7 Å². The van der Waals surface area contributed by atoms with Crippen LogP contribution in [0, 0.1) is 0 Å². The van der Waals surface area contributed by atoms with Crippen molar-refractivity contribution in [3.05, 3.63) is 23.3 Å². The molecule has 10 nitrogen and oxygen atoms in total. The minimum atomic E-state index is -1.000. The van der Waals surface area contributed by atoms with Gasteiger partial charge in [-0.15, -0.1) is 0 Å². The highest BCUT2D eigenvalue weighted by atomic mass is 16.5. The lowest BCUT2D eigenvalue weighted by atomic mass is 10.0. The number of aromatic hydroxyl groups is 2. The Kier molecular flexibility index (Phi) is 9.10. The molecule has 0 unspecified atom stereocenters. The molecule has 36 heavy (non-hydrogen) atoms. The van der Waals surface area contributed by atoms with E-state index >= 15 is 0 Å². The highest BCUT2D eigenvalue weighted by Crippen LogP contribution is 2.41. The van der Waals surface area contributed by atoms with Gasteiger partial charge in [-0.3, -0.25) is 0 Å². The number of phenols is 2. The van der Waals surface area contributed by atoms with Gasteiger partial charge in [-0.25, -0.2) is 19.6 Å². The molecule has 2 N–H and O–H groups in total. The Balaban J connectivity index is 2.27. The summed E-state index contributed by atoms with van der Waals surface area (Å²) in [5.74, 6) is -2.34. The number of rotatable bonds is 12. The second-order valence-electron chi connectivity index (χ2n) is 8.00. The van der Waals surface area contributed by atoms with E-state index < -0.39 is 34.6 Å². The number of phenolic OH excluding ortho intramolecular Hbond substituents is 2. The normalized spacial score (nSPS) is 11.0. The lowest BCUT2D eigenvalue weighted by Crippen LogP contribution is -2.15. The molecule has 194 valence electrons. The Morgan fingerprint density at radius 3 is 1.44 bits per heavy atom. The number of carbonyl (C=O) groups excluding carboxylic acids is 2. The van der Waals surface area contributed by atoms with E-state index in [0.717, 1.165) is 25.7 Å². The molecule has 0 atom stereocenters. The minimum Gasteiger partial charge on any atom is -0.505 e. The summed E-state index contributed by atoms with van der Waals surface area (Å²) < 4.78 is 21.8. The Morgan fingerprint density at radius 1 is 0.722 bits per heavy atom. The summed E-state index contributed by atoms with van der Waals surface area (Å²) in [5.41, 5.74) is -0.734. The Hall–Kier alpha value is -3.82. The molecule has 0 bridgehead atoms. The molecule has 0 amide bonds. The molecule has 0 saturated heterocycles. The molecule has 2 aromatic carbocycles. The molecule has 3 rings (SSSR count). The third kappa shape index (κ3) is 5.53. The summed E-state index contributed by atoms with van der Waals surface area (Å²) in [6, 6.07) is 3.27. The Labute approximate surface area is 209 Å². The van der Waals surface area contributed by atoms with Crippen LogP contribution in [0.15, 0.2) is 12.1 Å². The zero-order valence-corrected chi connectivity index (χ0v) is 21.0. The summed E-state index contributed by atoms with van der Waals surface area (Å²) in [5, 5.41) is 22.0. The maximum Gasteiger partial charge on any atom is 0.343 e. The zero-order valence-electron chi connectivity index (χ0n) is 21.0. The van der Waals surface area contributed by atoms with Crippen LogP contribution in [-0.4, -0.2) is 58.5 Å². The molecule has 0 aliphatic heterocycles. The number of hydrogen-bond acceptors (Lipinski definition) is 10. The molecule has 10 heteroatoms. The molecule has 0 fully saturated rings. The van der Waals surface area contributed by atoms with Crippen LogP contribution < -0.4 is 9.47 Å². The maximum absolute atomic E-state index is 12.6. The van der Waals surface area contributed by atoms with E-state index in [0.29, 0.717) is 35.7 Å². The number of hydrogen-bond donors (Lipinski definition) is 2. The largest absolute Gasteiger partial charge is 0.505 e. The maximum atomic E-state index is 12.6. The van der Waals surface area contributed by atoms with Crippen molar-refractivity contribution in [1.82, 2.24) is 9.97 Å². The third-order valence-electron chi connectivity index (χ3n) is 5.37. The van der Waals surface area contributed by atoms with Crippen molar-refractivity contribution in [2.45, 2.75) is 53.4 Å². The van der Waals surface area contributed by atoms with E-state index in [1.165, 1.54) is 0 Å². The first kappa shape index (κ1) is 26.8. The summed E-state index contributed by atoms with van der Waals surface area (Å²) in [6.45, 7) is 8.21. The van der Waals surface area contributed by atoms with E-state index in [4.69, 9.17) is 18.9 Å². The predicted octanol–water partition coefficient (Wildman–Crippen LogP) is 4.91. The van der Waals surface area contributed by atoms with Gasteiger partial charge in [0.2, 0.25) is 0 Å². The van der Waals surface area contributed by atoms with Gasteiger partial charge < -0.3 is 29.2 Å². The quantitative estimate of drug-likeness (QED) is 0.153. The van der Waals surface area contributed by atoms with Crippen LogP contribution >= 0.6 is 0 Å². The highest BCUT2D eigenvalue weighted by molar-refractivity contribution is 6.13. The molecule has 3 aromatic rings. The predicted molar refractivity (Wildman–Crippen MR) is 133 cm³/mol. The van der Waals surface area contributed by atoms with Crippen molar-refractivity contribution in [2.24, 2.45) is 0 Å². The first-order chi connectivity index (χ1) is 17.4. The number of aromatic nitrogens is 2. The zero-order chi connectivity index (χ0) is 26.2. The minimum absolute atomic E-state index is 0.0119. The SMILES string of the molecule is CCCCOc1cc2nc3c(O)c(C(=O)OCC)c(C(=O)OCC)c(O)c3nc2cc1OCCCC. The first-order valence-corrected chi connectivity index (χ1v) is 12.2. The molecule has 1 aromatic heterocycles. The molecular formula is C26H32N2O8. The first-order valence-electron chi connectivity index (χ1n) is 12.2. The molecule has 0 saturated carbocycles. The van der Waals surface area contributed by atoms with Crippen molar-refractivity contribution in [3.63, 3.8) is 0 Å². The molecule has 0 aliphatic rings. The van der Waals surface area contributed by atoms with Crippen LogP contribution in [0.1, 0.15) is 74.1 Å². The highest BCUT2D eigenvalue weighted by Gasteiger charge is 2.32. The van der Waals surface area contributed by atoms with Crippen molar-refractivity contribution in [1.29, 1.82) is 0 Å². The van der Waals surface area contributed by atoms with Gasteiger partial charge in [0.25, 0.3) is 0 Å². The fraction of sp³-hybridized carbons (Fsp3) is 0.462. The van der Waals surface area contributed by atoms with Gasteiger partial charge in [0.1, 0.15) is 22.2 Å². The standard InChI is InChI=1S/C26H32N2O8/c1-5-9-11-35-17-13-15-16(14-18(17)36-12-10-6-2)28-22-21(27-15)23(29)19(25(31)33-7-3)20(24(22)30)26(32)34-8-4/h13-14,29-30H,5-12H2,1-4H3. The lowest BCUT2D eigenvalue weighted by molar-refractivity contribution is 0.0473. The molecule has 0 radical (unpaired) electrons. The number of ether oxygens (including phenoxy) is 4. The lowest BCUT2D eigenvalue weighted by Gasteiger charge is -2.16. The van der Waals surface area contributed by atoms with Crippen molar-refractivity contribution in [2.75, 3.05) is 26.4 Å². The Morgan fingerprint density at radius 2 is 1.11 bits per heavy atom. The smallest absolute Gasteiger partial charge is 0.343 e. The summed E-state index contributed by atoms with van der Waals surface area (Å²) in [6.07, 6.45) is 3.61. The molecule has 0 spiro atoms. The molecular weight excluding hydrogens is 468 g/mol. The van der Waals surface area contributed by atoms with Crippen LogP contribution in [0.4, 0.5) is 0 Å². The van der Waals surface area contributed by atoms with Crippen molar-refractivity contribution in [3.8, 4) is 23.0 Å². The van der Waals surface area contributed by atoms with E-state index in [9.17, 15) is 19.8 Å². The summed E-state index contributed by atoms with van der Waals surface area (Å²) in [4.78, 5) is 34.2. The van der Waals surface area contributed by atoms with Crippen LogP contribution in [0.3, 0.4) is 0 Å². The van der Waals surface area contributed by atoms with Gasteiger partial charge in [0, 0.05) is 12.1 Å². The third-order valence-corrected chi connectivity index (χ3v) is 5.37. The summed E-state index contributed by atoms with van der Waals surface area (Å²) >= 11 is 0. The van der Waals surface area contributed by atoms with Crippen molar-refractivity contribution < 1.29 is 38.7 Å². The Bertz CT molecular complexity index is 1160. The van der Waals surface area contributed by atoms with E-state index in [-0.39, 0.29) is 24.2 Å². The van der Waals surface area contributed by atoms with Crippen LogP contribution in [-0.2, 0) is 9.47 Å². The number of nitrogens with zero attached hydrogens (tertiary/aromatic N) is 2. The fourth-order valence-electron chi connectivity index (χ4n) is 3.55. The number of carbonyl (C=O) groups is 2. The molecule has 1 heterocycles. The van der Waals surface area contributed by atoms with Gasteiger partial charge in [0.05, 0.1) is 37.5 Å². The van der Waals surface area contributed by atoms with E-state index in [2.05, 4.69) is 23.8 Å². The van der Waals surface area contributed by atoms with Crippen molar-refractivity contribution >= 4 is 34.0 Å². The van der Waals surface area contributed by atoms with Crippen LogP contribution in [0.2, 0.25) is 0 Å². The van der Waals surface area contributed by atoms with Gasteiger partial charge in [0.15, 0.2) is 23.0 Å². The van der Waals surface area contributed by atoms with Crippen LogP contribution in [0.5, 0.6) is 23.0 Å². The van der Waals surface area contributed by atoms with E-state index in [1.54, 1.807) is 26.0 Å². The molecule has 0 aliphatic carbocycles. The van der Waals surface area contributed by atoms with E-state index in [1.807, 2.05) is 0 Å². The average molecular weight is 501 g/mol. The number of fused-ring (bicyclic) bond motifs is 2. The van der Waals surface area contributed by atoms with Crippen LogP contribution in [0.25, 0.3) is 22.1 Å². The second kappa shape index (κ2) is 12.2. The fourth-order valence-corrected chi connectivity index (χ4v) is 3.55. The van der Waals surface area contributed by atoms with Gasteiger partial charge >= 0.3 is 11.9 Å². The summed E-state index contributed by atoms with van der Waals surface area (Å²) in [7, 11) is 0. The van der Waals surface area contributed by atoms with Gasteiger partial charge in [-0.1, -0.05) is 26.7 Å². The monoisotopic (exact) mass is 500 g/mol. The van der Waals surface area contributed by atoms with Gasteiger partial charge in [-0.2, -0.15) is 0 Å². The number of benzene rings is 2. The topological polar surface area (TPSA) is 137 Å². The average Bonchev–Trinajstić information content (AvgIpc) is 2.85. The number of unbranched alkanes of at least 4 members (excludes halogenated alkanes) is 2.